The SMILES string of the molecule is CCOC(=O)c1cc(OC(F)(F)F)cc(C#N)c1OC(F)F. The van der Waals surface area contributed by atoms with Gasteiger partial charge in [-0.15, -0.1) is 13.2 Å². The minimum absolute atomic E-state index is 0.167. The molecular weight excluding hydrogens is 317 g/mol. The van der Waals surface area contributed by atoms with Crippen molar-refractivity contribution >= 4 is 5.97 Å². The van der Waals surface area contributed by atoms with E-state index in [9.17, 15) is 26.7 Å². The topological polar surface area (TPSA) is 68.5 Å². The van der Waals surface area contributed by atoms with Crippen molar-refractivity contribution in [2.75, 3.05) is 6.61 Å². The number of benzene rings is 1. The molecule has 5 nitrogen and oxygen atoms in total. The van der Waals surface area contributed by atoms with E-state index in [1.54, 1.807) is 0 Å². The normalized spacial score (nSPS) is 11.0. The van der Waals surface area contributed by atoms with Crippen LogP contribution in [0.3, 0.4) is 0 Å². The van der Waals surface area contributed by atoms with Crippen LogP contribution in [0, 0.1) is 11.3 Å². The average Bonchev–Trinajstić information content (AvgIpc) is 2.37. The Bertz CT molecular complexity index is 594. The van der Waals surface area contributed by atoms with E-state index in [0.29, 0.717) is 12.1 Å². The van der Waals surface area contributed by atoms with Gasteiger partial charge in [-0.05, 0) is 13.0 Å². The van der Waals surface area contributed by atoms with Crippen LogP contribution < -0.4 is 9.47 Å². The number of ether oxygens (including phenoxy) is 3. The lowest BCUT2D eigenvalue weighted by molar-refractivity contribution is -0.274. The van der Waals surface area contributed by atoms with Gasteiger partial charge in [0.15, 0.2) is 5.75 Å². The van der Waals surface area contributed by atoms with E-state index in [1.807, 2.05) is 0 Å². The van der Waals surface area contributed by atoms with Crippen molar-refractivity contribution in [2.24, 2.45) is 0 Å². The van der Waals surface area contributed by atoms with Gasteiger partial charge in [0, 0.05) is 6.07 Å². The van der Waals surface area contributed by atoms with E-state index in [1.165, 1.54) is 13.0 Å². The molecule has 22 heavy (non-hydrogen) atoms. The fraction of sp³-hybridized carbons (Fsp3) is 0.333. The lowest BCUT2D eigenvalue weighted by atomic mass is 10.1. The van der Waals surface area contributed by atoms with Crippen LogP contribution in [0.25, 0.3) is 0 Å². The smallest absolute Gasteiger partial charge is 0.462 e. The second kappa shape index (κ2) is 6.93. The summed E-state index contributed by atoms with van der Waals surface area (Å²) in [6.45, 7) is -2.17. The number of hydrogen-bond acceptors (Lipinski definition) is 5. The summed E-state index contributed by atoms with van der Waals surface area (Å²) in [6, 6.07) is 2.38. The number of halogens is 5. The molecule has 0 radical (unpaired) electrons. The first kappa shape index (κ1) is 17.5. The molecule has 0 aliphatic carbocycles. The molecule has 0 spiro atoms. The summed E-state index contributed by atoms with van der Waals surface area (Å²) in [5.74, 6) is -3.05. The Morgan fingerprint density at radius 3 is 2.45 bits per heavy atom. The average molecular weight is 325 g/mol. The molecule has 0 unspecified atom stereocenters. The Morgan fingerprint density at radius 1 is 1.36 bits per heavy atom. The van der Waals surface area contributed by atoms with E-state index in [4.69, 9.17) is 5.26 Å². The predicted molar refractivity (Wildman–Crippen MR) is 60.4 cm³/mol. The monoisotopic (exact) mass is 325 g/mol. The quantitative estimate of drug-likeness (QED) is 0.614. The fourth-order valence-electron chi connectivity index (χ4n) is 1.45. The summed E-state index contributed by atoms with van der Waals surface area (Å²) in [5, 5.41) is 8.83. The van der Waals surface area contributed by atoms with Crippen LogP contribution in [-0.2, 0) is 4.74 Å². The van der Waals surface area contributed by atoms with Gasteiger partial charge in [0.25, 0.3) is 0 Å². The van der Waals surface area contributed by atoms with E-state index < -0.39 is 41.6 Å². The molecule has 0 heterocycles. The molecule has 0 saturated heterocycles. The van der Waals surface area contributed by atoms with Gasteiger partial charge in [0.05, 0.1) is 12.2 Å². The third-order valence-corrected chi connectivity index (χ3v) is 2.12. The molecule has 0 fully saturated rings. The summed E-state index contributed by atoms with van der Waals surface area (Å²) in [7, 11) is 0. The van der Waals surface area contributed by atoms with Crippen LogP contribution in [0.1, 0.15) is 22.8 Å². The van der Waals surface area contributed by atoms with Crippen LogP contribution >= 0.6 is 0 Å². The highest BCUT2D eigenvalue weighted by Crippen LogP contribution is 2.33. The zero-order chi connectivity index (χ0) is 16.9. The Labute approximate surface area is 120 Å². The number of carbonyl (C=O) groups is 1. The molecule has 10 heteroatoms. The first-order valence-corrected chi connectivity index (χ1v) is 5.63. The Balaban J connectivity index is 3.41. The number of rotatable bonds is 5. The predicted octanol–water partition coefficient (Wildman–Crippen LogP) is 3.23. The number of nitriles is 1. The molecule has 1 aromatic carbocycles. The van der Waals surface area contributed by atoms with Gasteiger partial charge in [-0.1, -0.05) is 0 Å². The van der Waals surface area contributed by atoms with Crippen molar-refractivity contribution in [3.05, 3.63) is 23.3 Å². The molecule has 0 aliphatic heterocycles. The molecule has 0 N–H and O–H groups in total. The molecule has 0 atom stereocenters. The van der Waals surface area contributed by atoms with Crippen LogP contribution in [0.2, 0.25) is 0 Å². The maximum Gasteiger partial charge on any atom is 0.573 e. The molecule has 0 aromatic heterocycles. The van der Waals surface area contributed by atoms with Crippen LogP contribution in [0.4, 0.5) is 22.0 Å². The molecule has 0 saturated carbocycles. The van der Waals surface area contributed by atoms with Crippen LogP contribution in [0.15, 0.2) is 12.1 Å². The van der Waals surface area contributed by atoms with Crippen LogP contribution in [0.5, 0.6) is 11.5 Å². The van der Waals surface area contributed by atoms with E-state index >= 15 is 0 Å². The van der Waals surface area contributed by atoms with Gasteiger partial charge in [0.1, 0.15) is 17.4 Å². The van der Waals surface area contributed by atoms with Crippen LogP contribution in [-0.4, -0.2) is 25.6 Å². The molecule has 0 bridgehead atoms. The number of carbonyl (C=O) groups excluding carboxylic acids is 1. The number of esters is 1. The van der Waals surface area contributed by atoms with Crippen molar-refractivity contribution in [3.63, 3.8) is 0 Å². The second-order valence-corrected chi connectivity index (χ2v) is 3.61. The molecule has 120 valence electrons. The van der Waals surface area contributed by atoms with Crippen molar-refractivity contribution in [1.29, 1.82) is 5.26 Å². The Kier molecular flexibility index (Phi) is 5.50. The largest absolute Gasteiger partial charge is 0.573 e. The summed E-state index contributed by atoms with van der Waals surface area (Å²) in [5.41, 5.74) is -1.51. The van der Waals surface area contributed by atoms with Crippen molar-refractivity contribution in [1.82, 2.24) is 0 Å². The van der Waals surface area contributed by atoms with E-state index in [2.05, 4.69) is 14.2 Å². The summed E-state index contributed by atoms with van der Waals surface area (Å²) in [4.78, 5) is 11.6. The molecule has 1 rings (SSSR count). The standard InChI is InChI=1S/C12H8F5NO4/c1-2-20-10(19)8-4-7(22-12(15,16)17)3-6(5-18)9(8)21-11(13)14/h3-4,11H,2H2,1H3. The second-order valence-electron chi connectivity index (χ2n) is 3.61. The Hall–Kier alpha value is -2.57. The fourth-order valence-corrected chi connectivity index (χ4v) is 1.45. The molecular formula is C12H8F5NO4. The number of alkyl halides is 5. The van der Waals surface area contributed by atoms with Crippen molar-refractivity contribution < 1.29 is 41.0 Å². The minimum Gasteiger partial charge on any atom is -0.462 e. The highest BCUT2D eigenvalue weighted by molar-refractivity contribution is 5.94. The number of hydrogen-bond donors (Lipinski definition) is 0. The molecule has 0 amide bonds. The molecule has 1 aromatic rings. The molecule has 0 aliphatic rings. The zero-order valence-corrected chi connectivity index (χ0v) is 10.9. The summed E-state index contributed by atoms with van der Waals surface area (Å²) >= 11 is 0. The highest BCUT2D eigenvalue weighted by Gasteiger charge is 2.33. The zero-order valence-electron chi connectivity index (χ0n) is 10.9. The maximum absolute atomic E-state index is 12.3. The number of nitrogens with zero attached hydrogens (tertiary/aromatic N) is 1. The van der Waals surface area contributed by atoms with Crippen molar-refractivity contribution in [2.45, 2.75) is 19.9 Å². The van der Waals surface area contributed by atoms with Gasteiger partial charge in [-0.2, -0.15) is 14.0 Å². The minimum atomic E-state index is -5.09. The lowest BCUT2D eigenvalue weighted by Crippen LogP contribution is -2.18. The van der Waals surface area contributed by atoms with Gasteiger partial charge in [0.2, 0.25) is 0 Å². The van der Waals surface area contributed by atoms with Gasteiger partial charge >= 0.3 is 18.9 Å². The van der Waals surface area contributed by atoms with Gasteiger partial charge in [-0.3, -0.25) is 0 Å². The van der Waals surface area contributed by atoms with Gasteiger partial charge in [-0.25, -0.2) is 4.79 Å². The summed E-state index contributed by atoms with van der Waals surface area (Å²) in [6.07, 6.45) is -5.09. The summed E-state index contributed by atoms with van der Waals surface area (Å²) < 4.78 is 73.4. The Morgan fingerprint density at radius 2 is 2.00 bits per heavy atom. The van der Waals surface area contributed by atoms with Gasteiger partial charge < -0.3 is 14.2 Å². The van der Waals surface area contributed by atoms with E-state index in [0.717, 1.165) is 0 Å². The first-order valence-electron chi connectivity index (χ1n) is 5.63. The third kappa shape index (κ3) is 4.76. The van der Waals surface area contributed by atoms with E-state index in [-0.39, 0.29) is 6.61 Å². The first-order chi connectivity index (χ1) is 10.2. The van der Waals surface area contributed by atoms with Crippen molar-refractivity contribution in [3.8, 4) is 17.6 Å². The third-order valence-electron chi connectivity index (χ3n) is 2.12. The maximum atomic E-state index is 12.3. The lowest BCUT2D eigenvalue weighted by Gasteiger charge is -2.15. The highest BCUT2D eigenvalue weighted by atomic mass is 19.4.